The summed E-state index contributed by atoms with van der Waals surface area (Å²) in [6.45, 7) is 6.76. The molecule has 216 valence electrons. The summed E-state index contributed by atoms with van der Waals surface area (Å²) in [4.78, 5) is 49.0. The van der Waals surface area contributed by atoms with E-state index >= 15 is 4.39 Å². The van der Waals surface area contributed by atoms with Crippen molar-refractivity contribution in [3.8, 4) is 11.3 Å². The second kappa shape index (κ2) is 11.7. The van der Waals surface area contributed by atoms with Crippen molar-refractivity contribution in [2.45, 2.75) is 43.8 Å². The van der Waals surface area contributed by atoms with Gasteiger partial charge in [0.05, 0.1) is 5.38 Å². The van der Waals surface area contributed by atoms with E-state index in [-0.39, 0.29) is 41.7 Å². The number of piperazine rings is 1. The van der Waals surface area contributed by atoms with E-state index in [0.29, 0.717) is 24.6 Å². The van der Waals surface area contributed by atoms with Crippen LogP contribution in [0.1, 0.15) is 30.6 Å². The number of carbonyl (C=O) groups is 3. The Morgan fingerprint density at radius 2 is 1.98 bits per heavy atom. The number of ether oxygens (including phenoxy) is 1. The number of ketones is 1. The van der Waals surface area contributed by atoms with Crippen molar-refractivity contribution in [3.63, 3.8) is 0 Å². The van der Waals surface area contributed by atoms with E-state index in [1.54, 1.807) is 0 Å². The summed E-state index contributed by atoms with van der Waals surface area (Å²) in [5, 5.41) is 2.09. The molecule has 1 N–H and O–H groups in total. The maximum absolute atomic E-state index is 15.2. The number of aromatic nitrogens is 1. The topological polar surface area (TPSA) is 95.1 Å². The molecule has 3 saturated heterocycles. The maximum atomic E-state index is 15.2. The highest BCUT2D eigenvalue weighted by molar-refractivity contribution is 7.14. The number of hydrogen-bond donors (Lipinski definition) is 1. The number of likely N-dealkylation sites (tertiary alicyclic amines) is 1. The Labute approximate surface area is 240 Å². The molecule has 5 unspecified atom stereocenters. The normalized spacial score (nSPS) is 24.8. The summed E-state index contributed by atoms with van der Waals surface area (Å²) in [6.07, 6.45) is -0.00436. The molecule has 13 heteroatoms. The Kier molecular flexibility index (Phi) is 8.42. The fourth-order valence-corrected chi connectivity index (χ4v) is 6.57. The van der Waals surface area contributed by atoms with Gasteiger partial charge in [-0.25, -0.2) is 9.37 Å². The summed E-state index contributed by atoms with van der Waals surface area (Å²) in [6, 6.07) is 1.99. The van der Waals surface area contributed by atoms with Gasteiger partial charge in [-0.2, -0.15) is 4.39 Å². The summed E-state index contributed by atoms with van der Waals surface area (Å²) >= 11 is 7.22. The minimum Gasteiger partial charge on any atom is -0.366 e. The summed E-state index contributed by atoms with van der Waals surface area (Å²) < 4.78 is 35.5. The number of thiazole rings is 1. The summed E-state index contributed by atoms with van der Waals surface area (Å²) in [5.41, 5.74) is -0.165. The third-order valence-electron chi connectivity index (χ3n) is 8.01. The average molecular weight is 596 g/mol. The highest BCUT2D eigenvalue weighted by Crippen LogP contribution is 2.34. The summed E-state index contributed by atoms with van der Waals surface area (Å²) in [5.74, 6) is -2.39. The molecule has 3 fully saturated rings. The van der Waals surface area contributed by atoms with Crippen LogP contribution in [-0.2, 0) is 14.3 Å². The number of anilines is 1. The quantitative estimate of drug-likeness (QED) is 0.492. The predicted molar refractivity (Wildman–Crippen MR) is 148 cm³/mol. The van der Waals surface area contributed by atoms with Gasteiger partial charge in [-0.05, 0) is 31.2 Å². The zero-order valence-corrected chi connectivity index (χ0v) is 24.1. The first-order valence-corrected chi connectivity index (χ1v) is 14.6. The second-order valence-corrected chi connectivity index (χ2v) is 12.1. The van der Waals surface area contributed by atoms with E-state index in [9.17, 15) is 18.8 Å². The van der Waals surface area contributed by atoms with Crippen molar-refractivity contribution in [2.24, 2.45) is 5.92 Å². The van der Waals surface area contributed by atoms with Crippen LogP contribution in [0.15, 0.2) is 18.2 Å². The van der Waals surface area contributed by atoms with Gasteiger partial charge in [0.1, 0.15) is 36.3 Å². The molecular weight excluding hydrogens is 564 g/mol. The number of amides is 2. The highest BCUT2D eigenvalue weighted by atomic mass is 35.5. The van der Waals surface area contributed by atoms with Crippen molar-refractivity contribution >= 4 is 45.7 Å². The van der Waals surface area contributed by atoms with Gasteiger partial charge < -0.3 is 24.8 Å². The minimum absolute atomic E-state index is 0.0212. The Balaban J connectivity index is 1.33. The van der Waals surface area contributed by atoms with E-state index in [2.05, 4.69) is 15.2 Å². The van der Waals surface area contributed by atoms with Crippen LogP contribution in [0.25, 0.3) is 11.3 Å². The SMILES string of the molecule is CCC(C)C(NC(=O)c1ccc(-c2nc(N3CCN(C)CC3)sc2F)c(F)c1)C(=O)N1CC(Cl)C2OCC(=O)C21. The fraction of sp³-hybridized carbons (Fsp3) is 0.556. The number of nitrogens with zero attached hydrogens (tertiary/aromatic N) is 4. The number of benzene rings is 1. The molecule has 1 aromatic carbocycles. The first-order valence-electron chi connectivity index (χ1n) is 13.4. The number of halogens is 3. The van der Waals surface area contributed by atoms with E-state index in [1.165, 1.54) is 17.0 Å². The Hall–Kier alpha value is -2.67. The molecule has 3 aliphatic heterocycles. The van der Waals surface area contributed by atoms with Crippen LogP contribution in [0.5, 0.6) is 0 Å². The lowest BCUT2D eigenvalue weighted by Gasteiger charge is -2.31. The number of carbonyl (C=O) groups excluding carboxylic acids is 3. The van der Waals surface area contributed by atoms with Gasteiger partial charge in [-0.3, -0.25) is 14.4 Å². The molecule has 0 bridgehead atoms. The number of hydrogen-bond acceptors (Lipinski definition) is 8. The molecule has 4 heterocycles. The monoisotopic (exact) mass is 595 g/mol. The largest absolute Gasteiger partial charge is 0.366 e. The van der Waals surface area contributed by atoms with Crippen LogP contribution in [0.2, 0.25) is 0 Å². The molecule has 0 radical (unpaired) electrons. The number of nitrogens with one attached hydrogen (secondary N) is 1. The molecule has 3 aliphatic rings. The lowest BCUT2D eigenvalue weighted by atomic mass is 9.96. The van der Waals surface area contributed by atoms with Gasteiger partial charge in [0.25, 0.3) is 5.91 Å². The second-order valence-electron chi connectivity index (χ2n) is 10.6. The van der Waals surface area contributed by atoms with E-state index in [4.69, 9.17) is 16.3 Å². The zero-order chi connectivity index (χ0) is 28.7. The van der Waals surface area contributed by atoms with Crippen LogP contribution in [-0.4, -0.2) is 102 Å². The zero-order valence-electron chi connectivity index (χ0n) is 22.5. The Morgan fingerprint density at radius 1 is 1.25 bits per heavy atom. The van der Waals surface area contributed by atoms with Crippen molar-refractivity contribution in [2.75, 3.05) is 51.3 Å². The van der Waals surface area contributed by atoms with Gasteiger partial charge in [0.15, 0.2) is 10.9 Å². The van der Waals surface area contributed by atoms with Crippen LogP contribution in [0.4, 0.5) is 13.9 Å². The number of alkyl halides is 1. The van der Waals surface area contributed by atoms with Crippen molar-refractivity contribution in [1.82, 2.24) is 20.1 Å². The molecule has 5 rings (SSSR count). The number of rotatable bonds is 7. The standard InChI is InChI=1S/C27H32ClF2N5O4S/c1-4-14(2)20(26(38)35-12-17(28)23-22(35)19(36)13-39-23)31-25(37)15-5-6-16(18(29)11-15)21-24(30)40-27(32-21)34-9-7-33(3)8-10-34/h5-6,11,14,17,20,22-23H,4,7-10,12-13H2,1-3H3,(H,31,37). The Morgan fingerprint density at radius 3 is 2.65 bits per heavy atom. The molecule has 5 atom stereocenters. The molecule has 0 saturated carbocycles. The van der Waals surface area contributed by atoms with Crippen molar-refractivity contribution < 1.29 is 27.9 Å². The number of fused-ring (bicyclic) bond motifs is 1. The van der Waals surface area contributed by atoms with Gasteiger partial charge in [0.2, 0.25) is 11.0 Å². The van der Waals surface area contributed by atoms with Crippen LogP contribution >= 0.6 is 22.9 Å². The molecule has 40 heavy (non-hydrogen) atoms. The highest BCUT2D eigenvalue weighted by Gasteiger charge is 2.53. The van der Waals surface area contributed by atoms with Crippen LogP contribution in [0.3, 0.4) is 0 Å². The first kappa shape index (κ1) is 28.8. The third kappa shape index (κ3) is 5.46. The average Bonchev–Trinajstić information content (AvgIpc) is 3.61. The summed E-state index contributed by atoms with van der Waals surface area (Å²) in [7, 11) is 2.02. The Bertz CT molecular complexity index is 1300. The van der Waals surface area contributed by atoms with Crippen molar-refractivity contribution in [3.05, 3.63) is 34.7 Å². The minimum atomic E-state index is -0.960. The van der Waals surface area contributed by atoms with Gasteiger partial charge in [-0.1, -0.05) is 31.6 Å². The lowest BCUT2D eigenvalue weighted by molar-refractivity contribution is -0.139. The fourth-order valence-electron chi connectivity index (χ4n) is 5.35. The molecule has 2 amide bonds. The molecule has 9 nitrogen and oxygen atoms in total. The van der Waals surface area contributed by atoms with E-state index in [1.807, 2.05) is 25.8 Å². The number of likely N-dealkylation sites (N-methyl/N-ethyl adjacent to an activating group) is 1. The molecule has 2 aromatic rings. The molecule has 0 aliphatic carbocycles. The van der Waals surface area contributed by atoms with E-state index in [0.717, 1.165) is 30.5 Å². The van der Waals surface area contributed by atoms with Gasteiger partial charge in [0, 0.05) is 43.9 Å². The number of Topliss-reactive ketones (excluding diaryl/α,β-unsaturated/α-hetero) is 1. The van der Waals surface area contributed by atoms with Gasteiger partial charge >= 0.3 is 0 Å². The van der Waals surface area contributed by atoms with Crippen molar-refractivity contribution in [1.29, 1.82) is 0 Å². The molecular formula is C27H32ClF2N5O4S. The maximum Gasteiger partial charge on any atom is 0.252 e. The molecule has 0 spiro atoms. The third-order valence-corrected chi connectivity index (χ3v) is 9.30. The van der Waals surface area contributed by atoms with E-state index < -0.39 is 46.3 Å². The lowest BCUT2D eigenvalue weighted by Crippen LogP contribution is -2.54. The van der Waals surface area contributed by atoms with Gasteiger partial charge in [-0.15, -0.1) is 11.6 Å². The van der Waals surface area contributed by atoms with Crippen LogP contribution < -0.4 is 10.2 Å². The smallest absolute Gasteiger partial charge is 0.252 e. The first-order chi connectivity index (χ1) is 19.1. The predicted octanol–water partition coefficient (Wildman–Crippen LogP) is 2.77. The molecule has 1 aromatic heterocycles. The van der Waals surface area contributed by atoms with Crippen LogP contribution in [0, 0.1) is 16.9 Å².